The molecule has 0 fully saturated rings. The fourth-order valence-corrected chi connectivity index (χ4v) is 1.60. The van der Waals surface area contributed by atoms with E-state index in [0.29, 0.717) is 12.1 Å². The van der Waals surface area contributed by atoms with E-state index in [1.807, 2.05) is 6.92 Å². The maximum atomic E-state index is 12.2. The summed E-state index contributed by atoms with van der Waals surface area (Å²) in [5.74, 6) is -0.0544. The zero-order valence-corrected chi connectivity index (χ0v) is 10.9. The Labute approximate surface area is 111 Å². The van der Waals surface area contributed by atoms with Crippen molar-refractivity contribution in [2.45, 2.75) is 13.0 Å². The average molecular weight is 260 g/mol. The third-order valence-electron chi connectivity index (χ3n) is 3.05. The minimum atomic E-state index is -0.0544. The van der Waals surface area contributed by atoms with E-state index in [0.717, 1.165) is 5.69 Å². The second-order valence-corrected chi connectivity index (χ2v) is 4.30. The van der Waals surface area contributed by atoms with Gasteiger partial charge in [0.1, 0.15) is 6.33 Å². The highest BCUT2D eigenvalue weighted by Gasteiger charge is 2.16. The van der Waals surface area contributed by atoms with Crippen LogP contribution in [-0.2, 0) is 0 Å². The molecule has 7 heteroatoms. The molecule has 0 saturated carbocycles. The Morgan fingerprint density at radius 3 is 2.63 bits per heavy atom. The summed E-state index contributed by atoms with van der Waals surface area (Å²) in [5.41, 5.74) is 6.97. The van der Waals surface area contributed by atoms with Crippen molar-refractivity contribution < 1.29 is 4.79 Å². The van der Waals surface area contributed by atoms with Crippen LogP contribution >= 0.6 is 0 Å². The molecule has 0 saturated heterocycles. The molecule has 2 rings (SSSR count). The maximum absolute atomic E-state index is 12.2. The standard InChI is InChI=1S/C12H16N6O/c1-9(7-13)17(2)12(19)10-3-5-11(6-4-10)18-8-14-15-16-18/h3-6,8-9H,7,13H2,1-2H3. The molecule has 0 radical (unpaired) electrons. The number of carbonyl (C=O) groups is 1. The molecule has 7 nitrogen and oxygen atoms in total. The number of amides is 1. The van der Waals surface area contributed by atoms with Gasteiger partial charge in [-0.1, -0.05) is 0 Å². The van der Waals surface area contributed by atoms with Gasteiger partial charge in [0.15, 0.2) is 0 Å². The van der Waals surface area contributed by atoms with Crippen LogP contribution in [0.5, 0.6) is 0 Å². The number of tetrazole rings is 1. The van der Waals surface area contributed by atoms with Crippen molar-refractivity contribution in [2.75, 3.05) is 13.6 Å². The lowest BCUT2D eigenvalue weighted by molar-refractivity contribution is 0.0748. The summed E-state index contributed by atoms with van der Waals surface area (Å²) in [6.45, 7) is 2.35. The Kier molecular flexibility index (Phi) is 3.86. The molecule has 0 aliphatic heterocycles. The predicted octanol–water partition coefficient (Wildman–Crippen LogP) is 0.0815. The molecule has 2 N–H and O–H groups in total. The predicted molar refractivity (Wildman–Crippen MR) is 69.8 cm³/mol. The summed E-state index contributed by atoms with van der Waals surface area (Å²) in [5, 5.41) is 10.9. The van der Waals surface area contributed by atoms with Crippen LogP contribution in [0.25, 0.3) is 5.69 Å². The lowest BCUT2D eigenvalue weighted by Gasteiger charge is -2.23. The van der Waals surface area contributed by atoms with Crippen LogP contribution in [0.1, 0.15) is 17.3 Å². The topological polar surface area (TPSA) is 89.9 Å². The number of aromatic nitrogens is 4. The molecule has 0 spiro atoms. The highest BCUT2D eigenvalue weighted by molar-refractivity contribution is 5.94. The first kappa shape index (κ1) is 13.2. The zero-order chi connectivity index (χ0) is 13.8. The van der Waals surface area contributed by atoms with Gasteiger partial charge in [0.05, 0.1) is 5.69 Å². The van der Waals surface area contributed by atoms with E-state index in [-0.39, 0.29) is 11.9 Å². The number of nitrogens with two attached hydrogens (primary N) is 1. The molecule has 1 amide bonds. The van der Waals surface area contributed by atoms with Gasteiger partial charge in [0.2, 0.25) is 0 Å². The molecule has 1 unspecified atom stereocenters. The van der Waals surface area contributed by atoms with E-state index >= 15 is 0 Å². The van der Waals surface area contributed by atoms with Gasteiger partial charge in [0, 0.05) is 25.2 Å². The van der Waals surface area contributed by atoms with E-state index in [1.165, 1.54) is 11.0 Å². The van der Waals surface area contributed by atoms with Crippen molar-refractivity contribution >= 4 is 5.91 Å². The number of carbonyl (C=O) groups excluding carboxylic acids is 1. The number of hydrogen-bond donors (Lipinski definition) is 1. The molecular formula is C12H16N6O. The van der Waals surface area contributed by atoms with Gasteiger partial charge < -0.3 is 10.6 Å². The van der Waals surface area contributed by atoms with Crippen molar-refractivity contribution in [3.8, 4) is 5.69 Å². The third kappa shape index (κ3) is 2.76. The van der Waals surface area contributed by atoms with Gasteiger partial charge in [-0.15, -0.1) is 5.10 Å². The SMILES string of the molecule is CC(CN)N(C)C(=O)c1ccc(-n2cnnn2)cc1. The Morgan fingerprint density at radius 2 is 2.11 bits per heavy atom. The highest BCUT2D eigenvalue weighted by Crippen LogP contribution is 2.10. The quantitative estimate of drug-likeness (QED) is 0.841. The van der Waals surface area contributed by atoms with Gasteiger partial charge in [-0.05, 0) is 41.6 Å². The molecule has 0 aliphatic carbocycles. The summed E-state index contributed by atoms with van der Waals surface area (Å²) < 4.78 is 1.53. The van der Waals surface area contributed by atoms with Crippen LogP contribution in [0.15, 0.2) is 30.6 Å². The number of nitrogens with zero attached hydrogens (tertiary/aromatic N) is 5. The minimum absolute atomic E-state index is 0.00620. The first-order chi connectivity index (χ1) is 9.13. The van der Waals surface area contributed by atoms with Crippen LogP contribution in [0.3, 0.4) is 0 Å². The molecule has 1 aromatic heterocycles. The minimum Gasteiger partial charge on any atom is -0.338 e. The Hall–Kier alpha value is -2.28. The molecule has 19 heavy (non-hydrogen) atoms. The normalized spacial score (nSPS) is 12.2. The smallest absolute Gasteiger partial charge is 0.253 e. The van der Waals surface area contributed by atoms with Crippen LogP contribution < -0.4 is 5.73 Å². The molecule has 1 heterocycles. The fraction of sp³-hybridized carbons (Fsp3) is 0.333. The number of likely N-dealkylation sites (N-methyl/N-ethyl adjacent to an activating group) is 1. The lowest BCUT2D eigenvalue weighted by atomic mass is 10.1. The lowest BCUT2D eigenvalue weighted by Crippen LogP contribution is -2.39. The van der Waals surface area contributed by atoms with Crippen molar-refractivity contribution in [2.24, 2.45) is 5.73 Å². The fourth-order valence-electron chi connectivity index (χ4n) is 1.60. The van der Waals surface area contributed by atoms with Crippen molar-refractivity contribution in [1.82, 2.24) is 25.1 Å². The second kappa shape index (κ2) is 5.57. The molecule has 2 aromatic rings. The largest absolute Gasteiger partial charge is 0.338 e. The van der Waals surface area contributed by atoms with E-state index in [1.54, 1.807) is 36.2 Å². The molecule has 0 bridgehead atoms. The molecule has 1 atom stereocenters. The van der Waals surface area contributed by atoms with Crippen molar-refractivity contribution in [3.05, 3.63) is 36.2 Å². The van der Waals surface area contributed by atoms with Gasteiger partial charge in [-0.2, -0.15) is 0 Å². The van der Waals surface area contributed by atoms with Gasteiger partial charge in [0.25, 0.3) is 5.91 Å². The Morgan fingerprint density at radius 1 is 1.42 bits per heavy atom. The summed E-state index contributed by atoms with van der Waals surface area (Å²) >= 11 is 0. The number of hydrogen-bond acceptors (Lipinski definition) is 5. The van der Waals surface area contributed by atoms with Crippen molar-refractivity contribution in [1.29, 1.82) is 0 Å². The van der Waals surface area contributed by atoms with E-state index in [4.69, 9.17) is 5.73 Å². The van der Waals surface area contributed by atoms with Gasteiger partial charge >= 0.3 is 0 Å². The van der Waals surface area contributed by atoms with Crippen LogP contribution in [0.2, 0.25) is 0 Å². The average Bonchev–Trinajstić information content (AvgIpc) is 2.99. The monoisotopic (exact) mass is 260 g/mol. The maximum Gasteiger partial charge on any atom is 0.253 e. The number of benzene rings is 1. The van der Waals surface area contributed by atoms with E-state index in [2.05, 4.69) is 15.5 Å². The van der Waals surface area contributed by atoms with Gasteiger partial charge in [-0.25, -0.2) is 4.68 Å². The van der Waals surface area contributed by atoms with Crippen LogP contribution in [0, 0.1) is 0 Å². The summed E-state index contributed by atoms with van der Waals surface area (Å²) in [7, 11) is 1.75. The van der Waals surface area contributed by atoms with Gasteiger partial charge in [-0.3, -0.25) is 4.79 Å². The molecule has 1 aromatic carbocycles. The number of rotatable bonds is 4. The van der Waals surface area contributed by atoms with Crippen molar-refractivity contribution in [3.63, 3.8) is 0 Å². The summed E-state index contributed by atoms with van der Waals surface area (Å²) in [4.78, 5) is 13.8. The molecular weight excluding hydrogens is 244 g/mol. The first-order valence-electron chi connectivity index (χ1n) is 5.94. The zero-order valence-electron chi connectivity index (χ0n) is 10.9. The second-order valence-electron chi connectivity index (χ2n) is 4.30. The highest BCUT2D eigenvalue weighted by atomic mass is 16.2. The molecule has 100 valence electrons. The Balaban J connectivity index is 2.17. The van der Waals surface area contributed by atoms with Crippen LogP contribution in [0.4, 0.5) is 0 Å². The van der Waals surface area contributed by atoms with E-state index in [9.17, 15) is 4.79 Å². The Bertz CT molecular complexity index is 536. The van der Waals surface area contributed by atoms with E-state index < -0.39 is 0 Å². The van der Waals surface area contributed by atoms with Crippen LogP contribution in [-0.4, -0.2) is 50.6 Å². The summed E-state index contributed by atoms with van der Waals surface area (Å²) in [6.07, 6.45) is 1.50. The third-order valence-corrected chi connectivity index (χ3v) is 3.05. The summed E-state index contributed by atoms with van der Waals surface area (Å²) in [6, 6.07) is 7.10. The molecule has 0 aliphatic rings. The first-order valence-corrected chi connectivity index (χ1v) is 5.94.